The van der Waals surface area contributed by atoms with Gasteiger partial charge in [-0.2, -0.15) is 0 Å². The average molecular weight is 782 g/mol. The van der Waals surface area contributed by atoms with Crippen molar-refractivity contribution in [2.45, 2.75) is 109 Å². The number of halogens is 1. The molecule has 0 N–H and O–H groups in total. The molecule has 4 heterocycles. The van der Waals surface area contributed by atoms with Crippen molar-refractivity contribution in [1.29, 1.82) is 0 Å². The van der Waals surface area contributed by atoms with E-state index in [0.717, 1.165) is 42.1 Å². The van der Waals surface area contributed by atoms with Crippen LogP contribution in [0.25, 0.3) is 0 Å². The van der Waals surface area contributed by atoms with E-state index in [1.165, 1.54) is 11.1 Å². The van der Waals surface area contributed by atoms with Crippen molar-refractivity contribution in [2.75, 3.05) is 36.1 Å². The molecule has 0 spiro atoms. The molecule has 4 fully saturated rings. The van der Waals surface area contributed by atoms with E-state index < -0.39 is 19.7 Å². The van der Waals surface area contributed by atoms with Gasteiger partial charge in [0.05, 0.1) is 45.4 Å². The lowest BCUT2D eigenvalue weighted by Crippen LogP contribution is -2.41. The van der Waals surface area contributed by atoms with E-state index in [4.69, 9.17) is 18.6 Å². The van der Waals surface area contributed by atoms with Crippen LogP contribution in [0, 0.1) is 0 Å². The lowest BCUT2D eigenvalue weighted by Gasteiger charge is -2.32. The third-order valence-corrected chi connectivity index (χ3v) is 14.5. The van der Waals surface area contributed by atoms with Crippen LogP contribution in [-0.2, 0) is 50.2 Å². The first-order valence-electron chi connectivity index (χ1n) is 17.2. The second kappa shape index (κ2) is 15.8. The van der Waals surface area contributed by atoms with Crippen molar-refractivity contribution >= 4 is 60.8 Å². The number of sulfone groups is 2. The first-order chi connectivity index (χ1) is 22.6. The fourth-order valence-corrected chi connectivity index (χ4v) is 8.73. The number of rotatable bonds is 5. The fourth-order valence-electron chi connectivity index (χ4n) is 5.59. The quantitative estimate of drug-likeness (QED) is 0.316. The molecule has 0 atom stereocenters. The minimum atomic E-state index is -2.82. The summed E-state index contributed by atoms with van der Waals surface area (Å²) in [4.78, 5) is 2.19. The molecule has 2 aromatic rings. The number of hydrogen-bond acceptors (Lipinski definition) is 9. The third-order valence-electron chi connectivity index (χ3n) is 10.4. The smallest absolute Gasteiger partial charge is 0.399 e. The Labute approximate surface area is 304 Å². The SMILES string of the molecule is CC1(C)OB(c2ccc(CBr)cc2)OC1(C)C.CC1(C)OB(c2ccc(CN3CCS(=O)(=O)CC3)cc2)OC1(C)C.O=S1(=O)CCCCC1. The molecule has 0 unspecified atom stereocenters. The van der Waals surface area contributed by atoms with Crippen LogP contribution in [0.5, 0.6) is 0 Å². The van der Waals surface area contributed by atoms with Crippen LogP contribution < -0.4 is 10.9 Å². The van der Waals surface area contributed by atoms with Crippen LogP contribution >= 0.6 is 15.9 Å². The Morgan fingerprint density at radius 3 is 1.24 bits per heavy atom. The van der Waals surface area contributed by atoms with Crippen molar-refractivity contribution < 1.29 is 35.5 Å². The zero-order valence-electron chi connectivity index (χ0n) is 30.5. The zero-order valence-corrected chi connectivity index (χ0v) is 33.7. The van der Waals surface area contributed by atoms with Crippen molar-refractivity contribution in [2.24, 2.45) is 0 Å². The summed E-state index contributed by atoms with van der Waals surface area (Å²) in [6.07, 6.45) is 2.85. The topological polar surface area (TPSA) is 108 Å². The van der Waals surface area contributed by atoms with Crippen LogP contribution in [0.15, 0.2) is 48.5 Å². The van der Waals surface area contributed by atoms with Gasteiger partial charge in [-0.3, -0.25) is 4.90 Å². The van der Waals surface area contributed by atoms with E-state index in [1.807, 2.05) is 39.8 Å². The van der Waals surface area contributed by atoms with Gasteiger partial charge in [0.1, 0.15) is 9.84 Å². The van der Waals surface area contributed by atoms with Crippen LogP contribution in [-0.4, -0.2) is 94.5 Å². The molecule has 0 amide bonds. The number of hydrogen-bond donors (Lipinski definition) is 0. The molecule has 0 bridgehead atoms. The Balaban J connectivity index is 0.000000187. The molecule has 0 radical (unpaired) electrons. The predicted octanol–water partition coefficient (Wildman–Crippen LogP) is 4.68. The molecular weight excluding hydrogens is 728 g/mol. The Morgan fingerprint density at radius 1 is 0.571 bits per heavy atom. The van der Waals surface area contributed by atoms with E-state index in [-0.39, 0.29) is 48.1 Å². The Hall–Kier alpha value is -1.25. The molecular formula is C35H54B2BrNO8S2. The summed E-state index contributed by atoms with van der Waals surface area (Å²) in [5.41, 5.74) is 3.30. The van der Waals surface area contributed by atoms with Crippen molar-refractivity contribution in [3.63, 3.8) is 0 Å². The minimum Gasteiger partial charge on any atom is -0.399 e. The van der Waals surface area contributed by atoms with Crippen LogP contribution in [0.4, 0.5) is 0 Å². The largest absolute Gasteiger partial charge is 0.494 e. The van der Waals surface area contributed by atoms with Gasteiger partial charge in [-0.25, -0.2) is 16.8 Å². The van der Waals surface area contributed by atoms with Gasteiger partial charge in [0.2, 0.25) is 0 Å². The Kier molecular flexibility index (Phi) is 13.0. The summed E-state index contributed by atoms with van der Waals surface area (Å²) < 4.78 is 68.4. The maximum Gasteiger partial charge on any atom is 0.494 e. The van der Waals surface area contributed by atoms with Gasteiger partial charge in [-0.1, -0.05) is 70.9 Å². The molecule has 0 aliphatic carbocycles. The molecule has 4 aliphatic rings. The Bertz CT molecular complexity index is 1560. The fraction of sp³-hybridized carbons (Fsp3) is 0.657. The minimum absolute atomic E-state index is 0.260. The number of alkyl halides is 1. The molecule has 6 rings (SSSR count). The van der Waals surface area contributed by atoms with E-state index in [1.54, 1.807) is 0 Å². The lowest BCUT2D eigenvalue weighted by atomic mass is 9.79. The average Bonchev–Trinajstić information content (AvgIpc) is 3.38. The molecule has 4 aliphatic heterocycles. The zero-order chi connectivity index (χ0) is 36.3. The molecule has 2 aromatic carbocycles. The van der Waals surface area contributed by atoms with Gasteiger partial charge in [-0.15, -0.1) is 0 Å². The van der Waals surface area contributed by atoms with Gasteiger partial charge in [0.25, 0.3) is 0 Å². The van der Waals surface area contributed by atoms with Gasteiger partial charge in [0, 0.05) is 25.0 Å². The highest BCUT2D eigenvalue weighted by atomic mass is 79.9. The monoisotopic (exact) mass is 781 g/mol. The maximum absolute atomic E-state index is 11.5. The van der Waals surface area contributed by atoms with Gasteiger partial charge < -0.3 is 18.6 Å². The van der Waals surface area contributed by atoms with Gasteiger partial charge in [-0.05, 0) is 90.3 Å². The highest BCUT2D eigenvalue weighted by Crippen LogP contribution is 2.37. The van der Waals surface area contributed by atoms with Gasteiger partial charge >= 0.3 is 14.2 Å². The van der Waals surface area contributed by atoms with Gasteiger partial charge in [0.15, 0.2) is 9.84 Å². The summed E-state index contributed by atoms with van der Waals surface area (Å²) in [6, 6.07) is 16.5. The molecule has 0 saturated carbocycles. The summed E-state index contributed by atoms with van der Waals surface area (Å²) >= 11 is 3.44. The molecule has 49 heavy (non-hydrogen) atoms. The van der Waals surface area contributed by atoms with E-state index >= 15 is 0 Å². The summed E-state index contributed by atoms with van der Waals surface area (Å²) in [7, 11) is -6.01. The van der Waals surface area contributed by atoms with Crippen LogP contribution in [0.3, 0.4) is 0 Å². The van der Waals surface area contributed by atoms with Crippen molar-refractivity contribution in [3.05, 3.63) is 59.7 Å². The van der Waals surface area contributed by atoms with E-state index in [2.05, 4.69) is 84.9 Å². The van der Waals surface area contributed by atoms with E-state index in [9.17, 15) is 16.8 Å². The first kappa shape index (κ1) is 40.5. The maximum atomic E-state index is 11.5. The highest BCUT2D eigenvalue weighted by Gasteiger charge is 2.52. The van der Waals surface area contributed by atoms with Crippen LogP contribution in [0.2, 0.25) is 0 Å². The van der Waals surface area contributed by atoms with Crippen molar-refractivity contribution in [3.8, 4) is 0 Å². The summed E-state index contributed by atoms with van der Waals surface area (Å²) in [6.45, 7) is 18.5. The molecule has 14 heteroatoms. The first-order valence-corrected chi connectivity index (χ1v) is 22.0. The molecule has 272 valence electrons. The lowest BCUT2D eigenvalue weighted by molar-refractivity contribution is 0.00578. The predicted molar refractivity (Wildman–Crippen MR) is 203 cm³/mol. The third kappa shape index (κ3) is 10.9. The standard InChI is InChI=1S/C17H26BNO4S.C13H18BBrO2.C5H10O2S/c1-16(2)17(3,4)23-18(22-16)15-7-5-14(6-8-15)13-19-9-11-24(20,21)12-10-19;1-12(2)13(3,4)17-14(16-12)11-7-5-10(9-15)6-8-11;6-8(7)4-2-1-3-5-8/h5-8H,9-13H2,1-4H3;5-8H,9H2,1-4H3;1-5H2. The summed E-state index contributed by atoms with van der Waals surface area (Å²) in [5, 5.41) is 0.872. The molecule has 9 nitrogen and oxygen atoms in total. The van der Waals surface area contributed by atoms with Crippen LogP contribution in [0.1, 0.15) is 85.8 Å². The highest BCUT2D eigenvalue weighted by molar-refractivity contribution is 9.08. The second-order valence-corrected chi connectivity index (χ2v) is 20.6. The Morgan fingerprint density at radius 2 is 0.918 bits per heavy atom. The van der Waals surface area contributed by atoms with Crippen molar-refractivity contribution in [1.82, 2.24) is 4.90 Å². The molecule has 0 aromatic heterocycles. The molecule has 4 saturated heterocycles. The number of nitrogens with zero attached hydrogens (tertiary/aromatic N) is 1. The normalized spacial score (nSPS) is 24.7. The second-order valence-electron chi connectivity index (χ2n) is 15.4. The van der Waals surface area contributed by atoms with E-state index in [0.29, 0.717) is 24.6 Å². The number of benzene rings is 2. The summed E-state index contributed by atoms with van der Waals surface area (Å²) in [5.74, 6) is 1.37.